The Morgan fingerprint density at radius 3 is 2.93 bits per heavy atom. The quantitative estimate of drug-likeness (QED) is 0.225. The second-order valence-electron chi connectivity index (χ2n) is 5.88. The molecule has 142 valence electrons. The summed E-state index contributed by atoms with van der Waals surface area (Å²) < 4.78 is 2.65. The third-order valence-corrected chi connectivity index (χ3v) is 4.96. The summed E-state index contributed by atoms with van der Waals surface area (Å²) in [6.07, 6.45) is 7.19. The highest BCUT2D eigenvalue weighted by Crippen LogP contribution is 2.29. The minimum absolute atomic E-state index is 0.416. The van der Waals surface area contributed by atoms with Crippen molar-refractivity contribution in [3.05, 3.63) is 46.6 Å². The van der Waals surface area contributed by atoms with Crippen molar-refractivity contribution in [3.63, 3.8) is 0 Å². The van der Waals surface area contributed by atoms with Crippen LogP contribution in [0.2, 0.25) is 0 Å². The van der Waals surface area contributed by atoms with Gasteiger partial charge in [0, 0.05) is 38.3 Å². The highest BCUT2D eigenvalue weighted by molar-refractivity contribution is 7.19. The van der Waals surface area contributed by atoms with E-state index < -0.39 is 0 Å². The van der Waals surface area contributed by atoms with Crippen molar-refractivity contribution < 1.29 is 4.79 Å². The Morgan fingerprint density at radius 2 is 2.26 bits per heavy atom. The number of H-pyrrole nitrogens is 1. The van der Waals surface area contributed by atoms with Crippen LogP contribution >= 0.6 is 11.3 Å². The average molecular weight is 387 g/mol. The number of aldehydes is 1. The van der Waals surface area contributed by atoms with Gasteiger partial charge in [0.2, 0.25) is 0 Å². The largest absolute Gasteiger partial charge is 0.403 e. The Balaban J connectivity index is 1.89. The molecule has 0 radical (unpaired) electrons. The number of carbonyl (C=O) groups is 1. The number of aromatic nitrogens is 4. The van der Waals surface area contributed by atoms with E-state index in [1.54, 1.807) is 35.2 Å². The molecule has 3 aromatic rings. The van der Waals surface area contributed by atoms with E-state index in [9.17, 15) is 4.79 Å². The van der Waals surface area contributed by atoms with Gasteiger partial charge in [-0.1, -0.05) is 0 Å². The number of nitrogens with two attached hydrogens (primary N) is 2. The standard InChI is InChI=1S/C16H21N9OS/c1-23(8-11-3-5-19-22-11)20-7-12-13(10-26)24(2)16-15(12)27-14(21-16)9-25(18)6-4-17/h3-7,10H,8-9,17-18H2,1-2H3,(H,19,22)/b6-4-,20-7-. The van der Waals surface area contributed by atoms with Gasteiger partial charge in [-0.25, -0.2) is 10.8 Å². The van der Waals surface area contributed by atoms with Crippen molar-refractivity contribution in [2.45, 2.75) is 13.1 Å². The molecule has 10 nitrogen and oxygen atoms in total. The van der Waals surface area contributed by atoms with Crippen LogP contribution in [0.25, 0.3) is 10.3 Å². The number of thiazole rings is 1. The van der Waals surface area contributed by atoms with Crippen LogP contribution in [0, 0.1) is 0 Å². The van der Waals surface area contributed by atoms with Gasteiger partial charge in [-0.15, -0.1) is 11.3 Å². The smallest absolute Gasteiger partial charge is 0.167 e. The maximum atomic E-state index is 11.6. The van der Waals surface area contributed by atoms with Crippen LogP contribution in [0.1, 0.15) is 26.8 Å². The summed E-state index contributed by atoms with van der Waals surface area (Å²) in [5.41, 5.74) is 8.21. The lowest BCUT2D eigenvalue weighted by molar-refractivity contribution is 0.111. The van der Waals surface area contributed by atoms with E-state index in [4.69, 9.17) is 11.6 Å². The average Bonchev–Trinajstić information content (AvgIpc) is 3.32. The molecule has 0 aliphatic carbocycles. The van der Waals surface area contributed by atoms with E-state index >= 15 is 0 Å². The summed E-state index contributed by atoms with van der Waals surface area (Å²) in [5.74, 6) is 5.83. The van der Waals surface area contributed by atoms with Gasteiger partial charge in [0.1, 0.15) is 5.01 Å². The van der Waals surface area contributed by atoms with E-state index in [2.05, 4.69) is 20.3 Å². The first-order valence-corrected chi connectivity index (χ1v) is 8.92. The van der Waals surface area contributed by atoms with Gasteiger partial charge in [-0.05, 0) is 6.07 Å². The van der Waals surface area contributed by atoms with Crippen LogP contribution in [-0.2, 0) is 20.1 Å². The number of nitrogens with one attached hydrogen (secondary N) is 1. The van der Waals surface area contributed by atoms with Crippen molar-refractivity contribution in [2.75, 3.05) is 7.05 Å². The molecule has 5 N–H and O–H groups in total. The fourth-order valence-corrected chi connectivity index (χ4v) is 3.76. The molecule has 3 aromatic heterocycles. The van der Waals surface area contributed by atoms with E-state index in [1.807, 2.05) is 13.1 Å². The highest BCUT2D eigenvalue weighted by atomic mass is 32.1. The molecule has 3 heterocycles. The monoisotopic (exact) mass is 387 g/mol. The second kappa shape index (κ2) is 8.01. The molecule has 0 amide bonds. The molecule has 0 saturated heterocycles. The lowest BCUT2D eigenvalue weighted by Crippen LogP contribution is -2.24. The van der Waals surface area contributed by atoms with Gasteiger partial charge < -0.3 is 15.3 Å². The number of carbonyl (C=O) groups excluding carboxylic acids is 1. The fraction of sp³-hybridized carbons (Fsp3) is 0.250. The first-order valence-electron chi connectivity index (χ1n) is 8.10. The van der Waals surface area contributed by atoms with Crippen molar-refractivity contribution in [3.8, 4) is 0 Å². The number of nitrogens with zero attached hydrogens (tertiary/aromatic N) is 6. The number of aromatic amines is 1. The van der Waals surface area contributed by atoms with Crippen molar-refractivity contribution in [1.29, 1.82) is 0 Å². The van der Waals surface area contributed by atoms with Gasteiger partial charge in [0.15, 0.2) is 11.9 Å². The minimum Gasteiger partial charge on any atom is -0.403 e. The number of hydrazine groups is 1. The van der Waals surface area contributed by atoms with Crippen molar-refractivity contribution >= 4 is 34.2 Å². The SMILES string of the molecule is CN(Cc1cc[nH]n1)/N=C\c1c(C=O)n(C)c2nc(CN(N)/C=C\N)sc12. The van der Waals surface area contributed by atoms with Crippen LogP contribution in [-0.4, -0.2) is 49.3 Å². The molecule has 0 aliphatic heterocycles. The Labute approximate surface area is 159 Å². The first kappa shape index (κ1) is 18.6. The molecule has 0 bridgehead atoms. The number of rotatable bonds is 8. The first-order chi connectivity index (χ1) is 13.0. The van der Waals surface area contributed by atoms with E-state index in [0.717, 1.165) is 32.9 Å². The molecule has 27 heavy (non-hydrogen) atoms. The molecule has 0 atom stereocenters. The van der Waals surface area contributed by atoms with Gasteiger partial charge in [0.25, 0.3) is 0 Å². The molecular formula is C16H21N9OS. The molecule has 11 heteroatoms. The summed E-state index contributed by atoms with van der Waals surface area (Å²) in [4.78, 5) is 16.2. The van der Waals surface area contributed by atoms with Crippen LogP contribution in [0.4, 0.5) is 0 Å². The zero-order valence-corrected chi connectivity index (χ0v) is 15.8. The molecule has 0 fully saturated rings. The number of hydrogen-bond acceptors (Lipinski definition) is 9. The molecule has 0 aromatic carbocycles. The summed E-state index contributed by atoms with van der Waals surface area (Å²) >= 11 is 1.47. The summed E-state index contributed by atoms with van der Waals surface area (Å²) in [6, 6.07) is 1.88. The zero-order valence-electron chi connectivity index (χ0n) is 15.0. The fourth-order valence-electron chi connectivity index (χ4n) is 2.63. The Morgan fingerprint density at radius 1 is 1.44 bits per heavy atom. The van der Waals surface area contributed by atoms with Gasteiger partial charge >= 0.3 is 0 Å². The van der Waals surface area contributed by atoms with Crippen LogP contribution in [0.15, 0.2) is 29.8 Å². The zero-order chi connectivity index (χ0) is 19.4. The number of hydrazone groups is 1. The lowest BCUT2D eigenvalue weighted by atomic mass is 10.3. The van der Waals surface area contributed by atoms with Gasteiger partial charge in [-0.3, -0.25) is 14.9 Å². The predicted octanol–water partition coefficient (Wildman–Crippen LogP) is 0.742. The predicted molar refractivity (Wildman–Crippen MR) is 105 cm³/mol. The number of hydrogen-bond donors (Lipinski definition) is 3. The lowest BCUT2D eigenvalue weighted by Gasteiger charge is -2.10. The van der Waals surface area contributed by atoms with E-state index in [0.29, 0.717) is 18.8 Å². The molecule has 0 aliphatic rings. The Kier molecular flexibility index (Phi) is 5.52. The van der Waals surface area contributed by atoms with E-state index in [1.165, 1.54) is 22.5 Å². The second-order valence-corrected chi connectivity index (χ2v) is 6.96. The minimum atomic E-state index is 0.416. The van der Waals surface area contributed by atoms with Gasteiger partial charge in [-0.2, -0.15) is 10.2 Å². The van der Waals surface area contributed by atoms with Crippen LogP contribution in [0.5, 0.6) is 0 Å². The van der Waals surface area contributed by atoms with Crippen LogP contribution < -0.4 is 11.6 Å². The molecular weight excluding hydrogens is 366 g/mol. The number of aryl methyl sites for hydroxylation is 1. The summed E-state index contributed by atoms with van der Waals surface area (Å²) in [7, 11) is 3.65. The van der Waals surface area contributed by atoms with Crippen molar-refractivity contribution in [2.24, 2.45) is 23.7 Å². The maximum Gasteiger partial charge on any atom is 0.167 e. The maximum absolute atomic E-state index is 11.6. The van der Waals surface area contributed by atoms with Crippen molar-refractivity contribution in [1.82, 2.24) is 29.8 Å². The molecule has 0 spiro atoms. The molecule has 0 unspecified atom stereocenters. The Hall–Kier alpha value is -3.18. The normalized spacial score (nSPS) is 11.8. The number of fused-ring (bicyclic) bond motifs is 1. The topological polar surface area (TPSA) is 134 Å². The van der Waals surface area contributed by atoms with Gasteiger partial charge in [0.05, 0.1) is 35.4 Å². The van der Waals surface area contributed by atoms with Crippen LogP contribution in [0.3, 0.4) is 0 Å². The highest BCUT2D eigenvalue weighted by Gasteiger charge is 2.18. The summed E-state index contributed by atoms with van der Waals surface area (Å²) in [5, 5.41) is 15.3. The third-order valence-electron chi connectivity index (χ3n) is 3.89. The molecule has 0 saturated carbocycles. The van der Waals surface area contributed by atoms with E-state index in [-0.39, 0.29) is 0 Å². The Bertz CT molecular complexity index is 970. The summed E-state index contributed by atoms with van der Waals surface area (Å²) in [6.45, 7) is 0.965. The third kappa shape index (κ3) is 3.99. The molecule has 3 rings (SSSR count).